The van der Waals surface area contributed by atoms with Gasteiger partial charge in [-0.3, -0.25) is 4.79 Å². The Kier molecular flexibility index (Phi) is 5.88. The molecule has 1 saturated carbocycles. The van der Waals surface area contributed by atoms with Gasteiger partial charge in [-0.2, -0.15) is 0 Å². The summed E-state index contributed by atoms with van der Waals surface area (Å²) in [5.74, 6) is 0.228. The Balaban J connectivity index is 1.37. The first-order valence-corrected chi connectivity index (χ1v) is 10.4. The summed E-state index contributed by atoms with van der Waals surface area (Å²) in [7, 11) is 0. The third-order valence-electron chi connectivity index (χ3n) is 5.00. The van der Waals surface area contributed by atoms with Crippen molar-refractivity contribution in [2.24, 2.45) is 0 Å². The molecule has 0 atom stereocenters. The summed E-state index contributed by atoms with van der Waals surface area (Å²) in [4.78, 5) is 14.8. The zero-order chi connectivity index (χ0) is 18.5. The van der Waals surface area contributed by atoms with Gasteiger partial charge < -0.3 is 15.0 Å². The lowest BCUT2D eigenvalue weighted by molar-refractivity contribution is -0.113. The SMILES string of the molecule is O=C(CSc1nnnn1C1CCCC1)Nc1ccccc1N1CCOCC1. The fourth-order valence-corrected chi connectivity index (χ4v) is 4.38. The van der Waals surface area contributed by atoms with Gasteiger partial charge in [-0.05, 0) is 35.4 Å². The van der Waals surface area contributed by atoms with Gasteiger partial charge in [0.25, 0.3) is 0 Å². The number of rotatable bonds is 6. The number of tetrazole rings is 1. The van der Waals surface area contributed by atoms with E-state index in [4.69, 9.17) is 4.74 Å². The second-order valence-corrected chi connectivity index (χ2v) is 7.74. The van der Waals surface area contributed by atoms with Gasteiger partial charge in [0.1, 0.15) is 0 Å². The quantitative estimate of drug-likeness (QED) is 0.760. The number of thioether (sulfide) groups is 1. The van der Waals surface area contributed by atoms with Crippen molar-refractivity contribution < 1.29 is 9.53 Å². The van der Waals surface area contributed by atoms with Crippen molar-refractivity contribution >= 4 is 29.0 Å². The van der Waals surface area contributed by atoms with Gasteiger partial charge in [0, 0.05) is 13.1 Å². The molecule has 1 aliphatic heterocycles. The van der Waals surface area contributed by atoms with Gasteiger partial charge in [-0.1, -0.05) is 36.7 Å². The number of morpholine rings is 1. The number of para-hydroxylation sites is 2. The van der Waals surface area contributed by atoms with E-state index in [2.05, 4.69) is 25.7 Å². The molecule has 2 heterocycles. The molecule has 4 rings (SSSR count). The highest BCUT2D eigenvalue weighted by Gasteiger charge is 2.22. The topological polar surface area (TPSA) is 85.2 Å². The number of hydrogen-bond acceptors (Lipinski definition) is 7. The lowest BCUT2D eigenvalue weighted by Crippen LogP contribution is -2.36. The van der Waals surface area contributed by atoms with E-state index >= 15 is 0 Å². The van der Waals surface area contributed by atoms with Crippen LogP contribution in [0.2, 0.25) is 0 Å². The molecule has 0 bridgehead atoms. The summed E-state index contributed by atoms with van der Waals surface area (Å²) in [5, 5.41) is 15.8. The second kappa shape index (κ2) is 8.71. The van der Waals surface area contributed by atoms with Gasteiger partial charge in [0.05, 0.1) is 36.4 Å². The normalized spacial score (nSPS) is 18.0. The molecule has 2 aliphatic rings. The number of benzene rings is 1. The summed E-state index contributed by atoms with van der Waals surface area (Å²) in [6.07, 6.45) is 4.65. The third-order valence-corrected chi connectivity index (χ3v) is 5.93. The molecule has 1 saturated heterocycles. The molecule has 1 aromatic heterocycles. The van der Waals surface area contributed by atoms with Crippen LogP contribution in [0, 0.1) is 0 Å². The molecular weight excluding hydrogens is 364 g/mol. The molecule has 8 nitrogen and oxygen atoms in total. The van der Waals surface area contributed by atoms with Crippen LogP contribution in [0.4, 0.5) is 11.4 Å². The number of nitrogens with zero attached hydrogens (tertiary/aromatic N) is 5. The van der Waals surface area contributed by atoms with Crippen molar-refractivity contribution in [1.29, 1.82) is 0 Å². The molecule has 0 radical (unpaired) electrons. The molecule has 0 unspecified atom stereocenters. The number of carbonyl (C=O) groups is 1. The van der Waals surface area contributed by atoms with Crippen LogP contribution in [0.5, 0.6) is 0 Å². The van der Waals surface area contributed by atoms with Crippen molar-refractivity contribution in [2.45, 2.75) is 36.9 Å². The molecule has 27 heavy (non-hydrogen) atoms. The Bertz CT molecular complexity index is 771. The number of nitrogens with one attached hydrogen (secondary N) is 1. The average Bonchev–Trinajstić information content (AvgIpc) is 3.39. The maximum Gasteiger partial charge on any atom is 0.234 e. The first kappa shape index (κ1) is 18.2. The summed E-state index contributed by atoms with van der Waals surface area (Å²) in [5.41, 5.74) is 1.87. The maximum atomic E-state index is 12.5. The average molecular weight is 388 g/mol. The van der Waals surface area contributed by atoms with Crippen LogP contribution in [-0.4, -0.2) is 58.2 Å². The summed E-state index contributed by atoms with van der Waals surface area (Å²) in [6, 6.07) is 8.27. The summed E-state index contributed by atoms with van der Waals surface area (Å²) >= 11 is 1.39. The van der Waals surface area contributed by atoms with E-state index in [-0.39, 0.29) is 11.7 Å². The standard InChI is InChI=1S/C18H24N6O2S/c25-17(13-27-18-20-21-22-24(18)14-5-1-2-6-14)19-15-7-3-4-8-16(15)23-9-11-26-12-10-23/h3-4,7-8,14H,1-2,5-6,9-13H2,(H,19,25). The van der Waals surface area contributed by atoms with Gasteiger partial charge in [0.2, 0.25) is 11.1 Å². The lowest BCUT2D eigenvalue weighted by Gasteiger charge is -2.30. The number of amides is 1. The maximum absolute atomic E-state index is 12.5. The number of ether oxygens (including phenoxy) is 1. The number of hydrogen-bond donors (Lipinski definition) is 1. The molecule has 144 valence electrons. The number of carbonyl (C=O) groups excluding carboxylic acids is 1. The van der Waals surface area contributed by atoms with E-state index in [0.717, 1.165) is 42.5 Å². The largest absolute Gasteiger partial charge is 0.378 e. The van der Waals surface area contributed by atoms with Crippen LogP contribution < -0.4 is 10.2 Å². The van der Waals surface area contributed by atoms with E-state index < -0.39 is 0 Å². The van der Waals surface area contributed by atoms with Gasteiger partial charge in [0.15, 0.2) is 0 Å². The van der Waals surface area contributed by atoms with Crippen LogP contribution in [-0.2, 0) is 9.53 Å². The van der Waals surface area contributed by atoms with Crippen molar-refractivity contribution in [3.05, 3.63) is 24.3 Å². The minimum Gasteiger partial charge on any atom is -0.378 e. The highest BCUT2D eigenvalue weighted by molar-refractivity contribution is 7.99. The van der Waals surface area contributed by atoms with Crippen molar-refractivity contribution in [3.8, 4) is 0 Å². The Morgan fingerprint density at radius 1 is 1.22 bits per heavy atom. The van der Waals surface area contributed by atoms with Crippen LogP contribution in [0.25, 0.3) is 0 Å². The van der Waals surface area contributed by atoms with Gasteiger partial charge in [-0.25, -0.2) is 4.68 Å². The molecular formula is C18H24N6O2S. The molecule has 1 aliphatic carbocycles. The van der Waals surface area contributed by atoms with E-state index in [0.29, 0.717) is 19.3 Å². The Labute approximate surface area is 162 Å². The van der Waals surface area contributed by atoms with E-state index in [1.807, 2.05) is 28.9 Å². The predicted molar refractivity (Wildman–Crippen MR) is 104 cm³/mol. The van der Waals surface area contributed by atoms with E-state index in [1.165, 1.54) is 24.6 Å². The second-order valence-electron chi connectivity index (χ2n) is 6.80. The summed E-state index contributed by atoms with van der Waals surface area (Å²) < 4.78 is 7.30. The predicted octanol–water partition coefficient (Wildman–Crippen LogP) is 2.36. The lowest BCUT2D eigenvalue weighted by atomic mass is 10.2. The van der Waals surface area contributed by atoms with Crippen molar-refractivity contribution in [3.63, 3.8) is 0 Å². The minimum absolute atomic E-state index is 0.0540. The number of anilines is 2. The Morgan fingerprint density at radius 3 is 2.81 bits per heavy atom. The first-order valence-electron chi connectivity index (χ1n) is 9.43. The molecule has 1 N–H and O–H groups in total. The zero-order valence-corrected chi connectivity index (χ0v) is 16.0. The van der Waals surface area contributed by atoms with Crippen molar-refractivity contribution in [2.75, 3.05) is 42.3 Å². The minimum atomic E-state index is -0.0540. The highest BCUT2D eigenvalue weighted by atomic mass is 32.2. The highest BCUT2D eigenvalue weighted by Crippen LogP contribution is 2.31. The Morgan fingerprint density at radius 2 is 2.00 bits per heavy atom. The Hall–Kier alpha value is -2.13. The van der Waals surface area contributed by atoms with E-state index in [9.17, 15) is 4.79 Å². The monoisotopic (exact) mass is 388 g/mol. The zero-order valence-electron chi connectivity index (χ0n) is 15.2. The van der Waals surface area contributed by atoms with Gasteiger partial charge >= 0.3 is 0 Å². The van der Waals surface area contributed by atoms with Crippen LogP contribution in [0.15, 0.2) is 29.4 Å². The molecule has 9 heteroatoms. The summed E-state index contributed by atoms with van der Waals surface area (Å²) in [6.45, 7) is 3.08. The van der Waals surface area contributed by atoms with Crippen molar-refractivity contribution in [1.82, 2.24) is 20.2 Å². The molecule has 0 spiro atoms. The van der Waals surface area contributed by atoms with Crippen LogP contribution >= 0.6 is 11.8 Å². The fraction of sp³-hybridized carbons (Fsp3) is 0.556. The molecule has 2 aromatic rings. The third kappa shape index (κ3) is 4.41. The van der Waals surface area contributed by atoms with Crippen LogP contribution in [0.3, 0.4) is 0 Å². The van der Waals surface area contributed by atoms with Gasteiger partial charge in [-0.15, -0.1) is 5.10 Å². The first-order chi connectivity index (χ1) is 13.3. The van der Waals surface area contributed by atoms with E-state index in [1.54, 1.807) is 0 Å². The smallest absolute Gasteiger partial charge is 0.234 e. The molecule has 1 amide bonds. The molecule has 1 aromatic carbocycles. The van der Waals surface area contributed by atoms with Crippen LogP contribution in [0.1, 0.15) is 31.7 Å². The fourth-order valence-electron chi connectivity index (χ4n) is 3.63. The molecule has 2 fully saturated rings. The number of aromatic nitrogens is 4.